The Morgan fingerprint density at radius 1 is 0.735 bits per heavy atom. The zero-order valence-electron chi connectivity index (χ0n) is 19.7. The van der Waals surface area contributed by atoms with Crippen LogP contribution in [0.4, 0.5) is 0 Å². The molecule has 4 aromatic rings. The van der Waals surface area contributed by atoms with Crippen molar-refractivity contribution in [2.45, 2.75) is 44.6 Å². The minimum Gasteiger partial charge on any atom is -0.490 e. The molecule has 0 aromatic heterocycles. The van der Waals surface area contributed by atoms with Crippen molar-refractivity contribution < 1.29 is 9.84 Å². The summed E-state index contributed by atoms with van der Waals surface area (Å²) in [5.74, 6) is 0.798. The van der Waals surface area contributed by atoms with Crippen LogP contribution in [0.15, 0.2) is 115 Å². The number of benzene rings is 4. The topological polar surface area (TPSA) is 41.5 Å². The molecule has 1 aliphatic rings. The Hall–Kier alpha value is -3.40. The van der Waals surface area contributed by atoms with Gasteiger partial charge in [-0.3, -0.25) is 0 Å². The molecule has 2 N–H and O–H groups in total. The predicted molar refractivity (Wildman–Crippen MR) is 139 cm³/mol. The summed E-state index contributed by atoms with van der Waals surface area (Å²) in [6.45, 7) is 3.94. The summed E-state index contributed by atoms with van der Waals surface area (Å²) in [6, 6.07) is 38.5. The van der Waals surface area contributed by atoms with Crippen molar-refractivity contribution in [2.24, 2.45) is 0 Å². The second kappa shape index (κ2) is 11.6. The fraction of sp³-hybridized carbons (Fsp3) is 0.226. The van der Waals surface area contributed by atoms with Gasteiger partial charge in [0.25, 0.3) is 0 Å². The van der Waals surface area contributed by atoms with Gasteiger partial charge in [0.15, 0.2) is 0 Å². The maximum Gasteiger partial charge on any atom is 0.126 e. The van der Waals surface area contributed by atoms with Crippen molar-refractivity contribution in [2.75, 3.05) is 0 Å². The summed E-state index contributed by atoms with van der Waals surface area (Å²) in [6.07, 6.45) is 1.55. The van der Waals surface area contributed by atoms with Gasteiger partial charge in [-0.2, -0.15) is 0 Å². The SMILES string of the molecule is CCC1CC(O)(c2ccccc2)c2ccccc2O1.c1ccc(CNCc2ccccc2)cc1. The van der Waals surface area contributed by atoms with E-state index in [0.717, 1.165) is 36.4 Å². The van der Waals surface area contributed by atoms with Gasteiger partial charge < -0.3 is 15.2 Å². The molecule has 1 heterocycles. The van der Waals surface area contributed by atoms with Crippen molar-refractivity contribution in [1.82, 2.24) is 5.32 Å². The minimum absolute atomic E-state index is 0.0557. The van der Waals surface area contributed by atoms with Crippen molar-refractivity contribution >= 4 is 0 Å². The smallest absolute Gasteiger partial charge is 0.126 e. The van der Waals surface area contributed by atoms with Gasteiger partial charge in [-0.15, -0.1) is 0 Å². The van der Waals surface area contributed by atoms with Crippen LogP contribution in [0.2, 0.25) is 0 Å². The molecule has 0 bridgehead atoms. The summed E-state index contributed by atoms with van der Waals surface area (Å²) in [5, 5.41) is 14.6. The number of nitrogens with one attached hydrogen (secondary N) is 1. The fourth-order valence-electron chi connectivity index (χ4n) is 4.33. The van der Waals surface area contributed by atoms with Crippen LogP contribution in [-0.2, 0) is 18.7 Å². The standard InChI is InChI=1S/C17H18O2.C14H15N/c1-2-14-12-17(18,13-8-4-3-5-9-13)15-10-6-7-11-16(15)19-14;1-3-7-13(8-4-1)11-15-12-14-9-5-2-6-10-14/h3-11,14,18H,2,12H2,1H3;1-10,15H,11-12H2. The molecule has 0 saturated heterocycles. The molecule has 0 fully saturated rings. The van der Waals surface area contributed by atoms with Crippen molar-refractivity contribution in [1.29, 1.82) is 0 Å². The second-order valence-electron chi connectivity index (χ2n) is 8.65. The Kier molecular flexibility index (Phi) is 8.13. The Morgan fingerprint density at radius 3 is 1.79 bits per heavy atom. The van der Waals surface area contributed by atoms with E-state index in [1.807, 2.05) is 66.7 Å². The van der Waals surface area contributed by atoms with Crippen LogP contribution in [0.5, 0.6) is 5.75 Å². The maximum atomic E-state index is 11.2. The molecule has 0 amide bonds. The first-order valence-electron chi connectivity index (χ1n) is 12.0. The molecule has 3 heteroatoms. The first kappa shape index (κ1) is 23.7. The molecule has 0 aliphatic carbocycles. The zero-order chi connectivity index (χ0) is 23.6. The number of hydrogen-bond donors (Lipinski definition) is 2. The summed E-state index contributed by atoms with van der Waals surface area (Å²) in [7, 11) is 0. The molecular weight excluding hydrogens is 418 g/mol. The Balaban J connectivity index is 0.000000166. The Labute approximate surface area is 203 Å². The van der Waals surface area contributed by atoms with Gasteiger partial charge in [-0.25, -0.2) is 0 Å². The molecule has 0 radical (unpaired) electrons. The van der Waals surface area contributed by atoms with Crippen LogP contribution in [-0.4, -0.2) is 11.2 Å². The third-order valence-corrected chi connectivity index (χ3v) is 6.20. The van der Waals surface area contributed by atoms with E-state index in [4.69, 9.17) is 4.74 Å². The van der Waals surface area contributed by atoms with Crippen molar-refractivity contribution in [3.63, 3.8) is 0 Å². The molecule has 5 rings (SSSR count). The molecule has 0 spiro atoms. The third-order valence-electron chi connectivity index (χ3n) is 6.20. The number of ether oxygens (including phenoxy) is 1. The summed E-state index contributed by atoms with van der Waals surface area (Å²) in [5.41, 5.74) is 3.51. The van der Waals surface area contributed by atoms with Gasteiger partial charge >= 0.3 is 0 Å². The van der Waals surface area contributed by atoms with Gasteiger partial charge in [-0.05, 0) is 29.2 Å². The van der Waals surface area contributed by atoms with Crippen LogP contribution in [0.1, 0.15) is 42.0 Å². The normalized spacial score (nSPS) is 18.7. The largest absolute Gasteiger partial charge is 0.490 e. The molecule has 3 nitrogen and oxygen atoms in total. The lowest BCUT2D eigenvalue weighted by atomic mass is 9.79. The average molecular weight is 452 g/mol. The van der Waals surface area contributed by atoms with Crippen molar-refractivity contribution in [3.8, 4) is 5.75 Å². The van der Waals surface area contributed by atoms with Crippen LogP contribution in [0.3, 0.4) is 0 Å². The molecule has 1 aliphatic heterocycles. The van der Waals surface area contributed by atoms with Crippen LogP contribution >= 0.6 is 0 Å². The molecular formula is C31H33NO2. The number of rotatable bonds is 6. The lowest BCUT2D eigenvalue weighted by Gasteiger charge is -2.39. The Morgan fingerprint density at radius 2 is 1.24 bits per heavy atom. The first-order valence-corrected chi connectivity index (χ1v) is 12.0. The number of aliphatic hydroxyl groups is 1. The van der Waals surface area contributed by atoms with E-state index in [1.165, 1.54) is 11.1 Å². The molecule has 0 saturated carbocycles. The van der Waals surface area contributed by atoms with Gasteiger partial charge in [0, 0.05) is 25.1 Å². The van der Waals surface area contributed by atoms with E-state index < -0.39 is 5.60 Å². The average Bonchev–Trinajstić information content (AvgIpc) is 2.91. The molecule has 4 aromatic carbocycles. The Bertz CT molecular complexity index is 1090. The summed E-state index contributed by atoms with van der Waals surface area (Å²) in [4.78, 5) is 0. The quantitative estimate of drug-likeness (QED) is 0.353. The molecule has 2 unspecified atom stereocenters. The van der Waals surface area contributed by atoms with Gasteiger partial charge in [0.05, 0.1) is 0 Å². The summed E-state index contributed by atoms with van der Waals surface area (Å²) < 4.78 is 5.94. The van der Waals surface area contributed by atoms with E-state index in [0.29, 0.717) is 6.42 Å². The van der Waals surface area contributed by atoms with Gasteiger partial charge in [-0.1, -0.05) is 116 Å². The van der Waals surface area contributed by atoms with Gasteiger partial charge in [0.1, 0.15) is 17.5 Å². The number of para-hydroxylation sites is 1. The molecule has 174 valence electrons. The molecule has 2 atom stereocenters. The van der Waals surface area contributed by atoms with E-state index in [9.17, 15) is 5.11 Å². The van der Waals surface area contributed by atoms with E-state index >= 15 is 0 Å². The highest BCUT2D eigenvalue weighted by atomic mass is 16.5. The number of hydrogen-bond acceptors (Lipinski definition) is 3. The summed E-state index contributed by atoms with van der Waals surface area (Å²) >= 11 is 0. The molecule has 34 heavy (non-hydrogen) atoms. The van der Waals surface area contributed by atoms with Crippen LogP contribution < -0.4 is 10.1 Å². The number of fused-ring (bicyclic) bond motifs is 1. The highest BCUT2D eigenvalue weighted by molar-refractivity contribution is 5.46. The highest BCUT2D eigenvalue weighted by Crippen LogP contribution is 2.44. The van der Waals surface area contributed by atoms with Crippen molar-refractivity contribution in [3.05, 3.63) is 138 Å². The zero-order valence-corrected chi connectivity index (χ0v) is 19.7. The first-order chi connectivity index (χ1) is 16.7. The van der Waals surface area contributed by atoms with Crippen LogP contribution in [0, 0.1) is 0 Å². The second-order valence-corrected chi connectivity index (χ2v) is 8.65. The van der Waals surface area contributed by atoms with E-state index in [2.05, 4.69) is 60.8 Å². The lowest BCUT2D eigenvalue weighted by Crippen LogP contribution is -2.39. The fourth-order valence-corrected chi connectivity index (χ4v) is 4.33. The van der Waals surface area contributed by atoms with Gasteiger partial charge in [0.2, 0.25) is 0 Å². The van der Waals surface area contributed by atoms with Crippen LogP contribution in [0.25, 0.3) is 0 Å². The monoisotopic (exact) mass is 451 g/mol. The predicted octanol–water partition coefficient (Wildman–Crippen LogP) is 6.46. The minimum atomic E-state index is -0.948. The maximum absolute atomic E-state index is 11.2. The third kappa shape index (κ3) is 5.93. The lowest BCUT2D eigenvalue weighted by molar-refractivity contribution is 0.000477. The van der Waals surface area contributed by atoms with E-state index in [-0.39, 0.29) is 6.10 Å². The highest BCUT2D eigenvalue weighted by Gasteiger charge is 2.40. The van der Waals surface area contributed by atoms with E-state index in [1.54, 1.807) is 0 Å².